The topological polar surface area (TPSA) is 49.2 Å². The van der Waals surface area contributed by atoms with Crippen LogP contribution in [0.3, 0.4) is 0 Å². The summed E-state index contributed by atoms with van der Waals surface area (Å²) in [6.45, 7) is 11.7. The van der Waals surface area contributed by atoms with Gasteiger partial charge in [-0.3, -0.25) is 0 Å². The molecule has 0 saturated carbocycles. The van der Waals surface area contributed by atoms with Crippen LogP contribution in [0.15, 0.2) is 0 Å². The van der Waals surface area contributed by atoms with Gasteiger partial charge in [-0.15, -0.1) is 0 Å². The summed E-state index contributed by atoms with van der Waals surface area (Å²) in [5.41, 5.74) is -0.00558. The highest BCUT2D eigenvalue weighted by Crippen LogP contribution is 2.26. The summed E-state index contributed by atoms with van der Waals surface area (Å²) in [7, 11) is 0. The van der Waals surface area contributed by atoms with E-state index in [-0.39, 0.29) is 12.0 Å². The van der Waals surface area contributed by atoms with Crippen molar-refractivity contribution in [3.05, 3.63) is 5.82 Å². The molecule has 0 aliphatic heterocycles. The largest absolute Gasteiger partial charge is 0.396 e. The van der Waals surface area contributed by atoms with Crippen molar-refractivity contribution in [1.82, 2.24) is 9.36 Å². The van der Waals surface area contributed by atoms with Crippen molar-refractivity contribution >= 4 is 16.7 Å². The van der Waals surface area contributed by atoms with E-state index in [2.05, 4.69) is 48.9 Å². The molecular weight excluding hydrogens is 234 g/mol. The van der Waals surface area contributed by atoms with Gasteiger partial charge in [0.2, 0.25) is 5.13 Å². The second kappa shape index (κ2) is 5.78. The molecule has 1 rings (SSSR count). The van der Waals surface area contributed by atoms with Crippen molar-refractivity contribution in [2.75, 3.05) is 18.1 Å². The maximum atomic E-state index is 8.92. The lowest BCUT2D eigenvalue weighted by molar-refractivity contribution is 0.288. The minimum Gasteiger partial charge on any atom is -0.396 e. The first kappa shape index (κ1) is 14.4. The van der Waals surface area contributed by atoms with E-state index in [9.17, 15) is 0 Å². The third kappa shape index (κ3) is 3.92. The highest BCUT2D eigenvalue weighted by molar-refractivity contribution is 7.09. The third-order valence-electron chi connectivity index (χ3n) is 2.51. The van der Waals surface area contributed by atoms with Crippen LogP contribution in [0.25, 0.3) is 0 Å². The molecule has 5 heteroatoms. The van der Waals surface area contributed by atoms with Gasteiger partial charge in [-0.1, -0.05) is 20.8 Å². The minimum atomic E-state index is -0.00558. The molecule has 1 heterocycles. The van der Waals surface area contributed by atoms with Crippen molar-refractivity contribution in [3.8, 4) is 0 Å². The average molecular weight is 257 g/mol. The Morgan fingerprint density at radius 3 is 2.41 bits per heavy atom. The second-order valence-electron chi connectivity index (χ2n) is 5.51. The number of aliphatic hydroxyl groups is 1. The van der Waals surface area contributed by atoms with E-state index in [1.807, 2.05) is 0 Å². The Hall–Kier alpha value is -0.680. The van der Waals surface area contributed by atoms with Crippen LogP contribution in [-0.2, 0) is 5.41 Å². The fourth-order valence-corrected chi connectivity index (χ4v) is 2.47. The fraction of sp³-hybridized carbons (Fsp3) is 0.833. The SMILES string of the molecule is CC(C)N(CCCO)c1nc(C(C)(C)C)ns1. The molecule has 0 spiro atoms. The summed E-state index contributed by atoms with van der Waals surface area (Å²) in [5.74, 6) is 0.896. The minimum absolute atomic E-state index is 0.00558. The molecule has 0 bridgehead atoms. The van der Waals surface area contributed by atoms with Gasteiger partial charge >= 0.3 is 0 Å². The van der Waals surface area contributed by atoms with Crippen LogP contribution >= 0.6 is 11.5 Å². The molecule has 0 aromatic carbocycles. The predicted molar refractivity (Wildman–Crippen MR) is 72.8 cm³/mol. The molecule has 0 unspecified atom stereocenters. The van der Waals surface area contributed by atoms with E-state index in [1.54, 1.807) is 0 Å². The van der Waals surface area contributed by atoms with Crippen LogP contribution in [0.1, 0.15) is 46.9 Å². The Labute approximate surface area is 108 Å². The molecule has 0 aliphatic rings. The van der Waals surface area contributed by atoms with Crippen LogP contribution < -0.4 is 4.90 Å². The quantitative estimate of drug-likeness (QED) is 0.880. The Balaban J connectivity index is 2.84. The molecule has 0 saturated heterocycles. The molecule has 0 fully saturated rings. The number of anilines is 1. The molecule has 1 N–H and O–H groups in total. The van der Waals surface area contributed by atoms with Crippen molar-refractivity contribution in [2.24, 2.45) is 0 Å². The fourth-order valence-electron chi connectivity index (χ4n) is 1.45. The maximum Gasteiger partial charge on any atom is 0.205 e. The van der Waals surface area contributed by atoms with Gasteiger partial charge in [0, 0.05) is 36.1 Å². The highest BCUT2D eigenvalue weighted by Gasteiger charge is 2.22. The molecular formula is C12H23N3OS. The lowest BCUT2D eigenvalue weighted by atomic mass is 9.96. The predicted octanol–water partition coefficient (Wildman–Crippen LogP) is 2.43. The lowest BCUT2D eigenvalue weighted by Crippen LogP contribution is -2.32. The van der Waals surface area contributed by atoms with Crippen LogP contribution in [0.2, 0.25) is 0 Å². The summed E-state index contributed by atoms with van der Waals surface area (Å²) in [6, 6.07) is 0.377. The van der Waals surface area contributed by atoms with E-state index < -0.39 is 0 Å². The molecule has 17 heavy (non-hydrogen) atoms. The van der Waals surface area contributed by atoms with Crippen LogP contribution in [0.5, 0.6) is 0 Å². The number of rotatable bonds is 5. The first-order valence-corrected chi connectivity index (χ1v) is 6.85. The van der Waals surface area contributed by atoms with Crippen molar-refractivity contribution < 1.29 is 5.11 Å². The van der Waals surface area contributed by atoms with Gasteiger partial charge < -0.3 is 10.0 Å². The summed E-state index contributed by atoms with van der Waals surface area (Å²) < 4.78 is 4.43. The Morgan fingerprint density at radius 1 is 1.35 bits per heavy atom. The smallest absolute Gasteiger partial charge is 0.205 e. The molecule has 1 aromatic heterocycles. The molecule has 98 valence electrons. The molecule has 0 amide bonds. The third-order valence-corrected chi connectivity index (χ3v) is 3.27. The number of aliphatic hydroxyl groups excluding tert-OH is 1. The Morgan fingerprint density at radius 2 is 2.00 bits per heavy atom. The van der Waals surface area contributed by atoms with Crippen molar-refractivity contribution in [3.63, 3.8) is 0 Å². The summed E-state index contributed by atoms with van der Waals surface area (Å²) in [5, 5.41) is 9.88. The Kier molecular flexibility index (Phi) is 4.89. The van der Waals surface area contributed by atoms with E-state index in [0.29, 0.717) is 6.04 Å². The van der Waals surface area contributed by atoms with E-state index >= 15 is 0 Å². The average Bonchev–Trinajstić information content (AvgIpc) is 2.66. The zero-order chi connectivity index (χ0) is 13.1. The van der Waals surface area contributed by atoms with Crippen molar-refractivity contribution in [2.45, 2.75) is 52.5 Å². The van der Waals surface area contributed by atoms with E-state index in [4.69, 9.17) is 5.11 Å². The van der Waals surface area contributed by atoms with Gasteiger partial charge in [0.15, 0.2) is 0 Å². The van der Waals surface area contributed by atoms with E-state index in [1.165, 1.54) is 11.5 Å². The lowest BCUT2D eigenvalue weighted by Gasteiger charge is -2.25. The van der Waals surface area contributed by atoms with Gasteiger partial charge in [-0.25, -0.2) is 4.98 Å². The standard InChI is InChI=1S/C12H23N3OS/c1-9(2)15(7-6-8-16)11-13-10(14-17-11)12(3,4)5/h9,16H,6-8H2,1-5H3. The summed E-state index contributed by atoms with van der Waals surface area (Å²) >= 11 is 1.45. The van der Waals surface area contributed by atoms with Gasteiger partial charge in [0.1, 0.15) is 5.82 Å². The summed E-state index contributed by atoms with van der Waals surface area (Å²) in [6.07, 6.45) is 0.766. The van der Waals surface area contributed by atoms with E-state index in [0.717, 1.165) is 23.9 Å². The first-order valence-electron chi connectivity index (χ1n) is 6.08. The number of nitrogens with zero attached hydrogens (tertiary/aromatic N) is 3. The zero-order valence-corrected chi connectivity index (χ0v) is 12.2. The highest BCUT2D eigenvalue weighted by atomic mass is 32.1. The monoisotopic (exact) mass is 257 g/mol. The maximum absolute atomic E-state index is 8.92. The zero-order valence-electron chi connectivity index (χ0n) is 11.4. The molecule has 1 aromatic rings. The van der Waals surface area contributed by atoms with Gasteiger partial charge in [0.05, 0.1) is 0 Å². The van der Waals surface area contributed by atoms with Crippen molar-refractivity contribution in [1.29, 1.82) is 0 Å². The summed E-state index contributed by atoms with van der Waals surface area (Å²) in [4.78, 5) is 6.81. The molecule has 4 nitrogen and oxygen atoms in total. The van der Waals surface area contributed by atoms with Gasteiger partial charge in [-0.2, -0.15) is 4.37 Å². The van der Waals surface area contributed by atoms with Gasteiger partial charge in [0.25, 0.3) is 0 Å². The van der Waals surface area contributed by atoms with Crippen LogP contribution in [-0.4, -0.2) is 33.7 Å². The number of hydrogen-bond acceptors (Lipinski definition) is 5. The number of hydrogen-bond donors (Lipinski definition) is 1. The second-order valence-corrected chi connectivity index (χ2v) is 6.25. The first-order chi connectivity index (χ1) is 7.86. The van der Waals surface area contributed by atoms with Crippen LogP contribution in [0.4, 0.5) is 5.13 Å². The molecule has 0 atom stereocenters. The van der Waals surface area contributed by atoms with Crippen LogP contribution in [0, 0.1) is 0 Å². The molecule has 0 radical (unpaired) electrons. The number of aromatic nitrogens is 2. The normalized spacial score (nSPS) is 12.2. The Bertz CT molecular complexity index is 344. The van der Waals surface area contributed by atoms with Gasteiger partial charge in [-0.05, 0) is 20.3 Å². The molecule has 0 aliphatic carbocycles.